The summed E-state index contributed by atoms with van der Waals surface area (Å²) in [6, 6.07) is 6.02. The molecule has 5 heteroatoms. The highest BCUT2D eigenvalue weighted by Gasteiger charge is 2.26. The molecule has 0 aliphatic carbocycles. The summed E-state index contributed by atoms with van der Waals surface area (Å²) in [5, 5.41) is 3.28. The monoisotopic (exact) mass is 262 g/mol. The van der Waals surface area contributed by atoms with Crippen LogP contribution in [0.3, 0.4) is 0 Å². The van der Waals surface area contributed by atoms with Crippen molar-refractivity contribution < 1.29 is 4.79 Å². The van der Waals surface area contributed by atoms with Crippen molar-refractivity contribution in [2.24, 2.45) is 11.7 Å². The molecular weight excluding hydrogens is 240 g/mol. The number of primary amides is 1. The van der Waals surface area contributed by atoms with E-state index in [4.69, 9.17) is 5.73 Å². The highest BCUT2D eigenvalue weighted by atomic mass is 16.1. The molecule has 1 saturated heterocycles. The minimum atomic E-state index is -0.186. The number of nitrogens with zero attached hydrogens (tertiary/aromatic N) is 2. The molecule has 0 saturated carbocycles. The average molecular weight is 262 g/mol. The summed E-state index contributed by atoms with van der Waals surface area (Å²) < 4.78 is 0. The highest BCUT2D eigenvalue weighted by molar-refractivity contribution is 5.77. The number of hydrogen-bond donors (Lipinski definition) is 2. The maximum absolute atomic E-state index is 11.1. The van der Waals surface area contributed by atoms with Crippen LogP contribution in [0.15, 0.2) is 18.2 Å². The van der Waals surface area contributed by atoms with E-state index in [1.807, 2.05) is 18.2 Å². The van der Waals surface area contributed by atoms with Gasteiger partial charge in [0.25, 0.3) is 0 Å². The Hall–Kier alpha value is -1.62. The molecule has 1 aromatic rings. The van der Waals surface area contributed by atoms with Gasteiger partial charge in [-0.05, 0) is 31.5 Å². The number of aromatic nitrogens is 1. The van der Waals surface area contributed by atoms with Gasteiger partial charge in [-0.3, -0.25) is 9.69 Å². The van der Waals surface area contributed by atoms with Crippen molar-refractivity contribution in [3.05, 3.63) is 23.9 Å². The number of carbonyl (C=O) groups excluding carboxylic acids is 1. The molecular formula is C14H22N4O. The van der Waals surface area contributed by atoms with Crippen LogP contribution in [0.5, 0.6) is 0 Å². The Kier molecular flexibility index (Phi) is 4.74. The van der Waals surface area contributed by atoms with E-state index in [0.717, 1.165) is 50.5 Å². The molecule has 0 aromatic carbocycles. The molecule has 19 heavy (non-hydrogen) atoms. The molecule has 5 nitrogen and oxygen atoms in total. The number of anilines is 1. The molecule has 1 unspecified atom stereocenters. The van der Waals surface area contributed by atoms with Gasteiger partial charge in [0.1, 0.15) is 5.82 Å². The van der Waals surface area contributed by atoms with Gasteiger partial charge < -0.3 is 11.1 Å². The van der Waals surface area contributed by atoms with Crippen LogP contribution in [0.1, 0.15) is 25.5 Å². The topological polar surface area (TPSA) is 71.2 Å². The van der Waals surface area contributed by atoms with Gasteiger partial charge in [-0.25, -0.2) is 4.98 Å². The fourth-order valence-electron chi connectivity index (χ4n) is 2.36. The number of nitrogens with one attached hydrogen (secondary N) is 1. The van der Waals surface area contributed by atoms with E-state index in [-0.39, 0.29) is 11.8 Å². The van der Waals surface area contributed by atoms with Crippen LogP contribution in [-0.2, 0) is 11.3 Å². The minimum absolute atomic E-state index is 0.00130. The van der Waals surface area contributed by atoms with Crippen molar-refractivity contribution in [2.75, 3.05) is 25.0 Å². The van der Waals surface area contributed by atoms with Gasteiger partial charge in [0, 0.05) is 19.6 Å². The molecule has 0 spiro atoms. The summed E-state index contributed by atoms with van der Waals surface area (Å²) in [5.74, 6) is 0.736. The second-order valence-corrected chi connectivity index (χ2v) is 5.06. The lowest BCUT2D eigenvalue weighted by Gasteiger charge is -2.15. The number of hydrogen-bond acceptors (Lipinski definition) is 4. The Bertz CT molecular complexity index is 435. The van der Waals surface area contributed by atoms with E-state index in [9.17, 15) is 4.79 Å². The van der Waals surface area contributed by atoms with E-state index in [1.165, 1.54) is 0 Å². The summed E-state index contributed by atoms with van der Waals surface area (Å²) in [7, 11) is 0. The summed E-state index contributed by atoms with van der Waals surface area (Å²) in [4.78, 5) is 18.0. The molecule has 1 aliphatic rings. The molecule has 1 aromatic heterocycles. The zero-order valence-electron chi connectivity index (χ0n) is 11.4. The van der Waals surface area contributed by atoms with Gasteiger partial charge >= 0.3 is 0 Å². The van der Waals surface area contributed by atoms with Gasteiger partial charge in [-0.15, -0.1) is 0 Å². The first-order valence-corrected chi connectivity index (χ1v) is 6.90. The van der Waals surface area contributed by atoms with Crippen LogP contribution in [0.25, 0.3) is 0 Å². The Morgan fingerprint density at radius 3 is 3.11 bits per heavy atom. The smallest absolute Gasteiger partial charge is 0.221 e. The second-order valence-electron chi connectivity index (χ2n) is 5.06. The van der Waals surface area contributed by atoms with E-state index < -0.39 is 0 Å². The Morgan fingerprint density at radius 2 is 2.42 bits per heavy atom. The number of pyridine rings is 1. The van der Waals surface area contributed by atoms with Crippen molar-refractivity contribution in [2.45, 2.75) is 26.3 Å². The second kappa shape index (κ2) is 6.52. The lowest BCUT2D eigenvalue weighted by atomic mass is 10.1. The predicted molar refractivity (Wildman–Crippen MR) is 75.6 cm³/mol. The van der Waals surface area contributed by atoms with Crippen LogP contribution in [-0.4, -0.2) is 35.4 Å². The van der Waals surface area contributed by atoms with E-state index in [0.29, 0.717) is 0 Å². The minimum Gasteiger partial charge on any atom is -0.370 e. The number of carbonyl (C=O) groups is 1. The van der Waals surface area contributed by atoms with Crippen molar-refractivity contribution in [1.29, 1.82) is 0 Å². The molecule has 0 radical (unpaired) electrons. The van der Waals surface area contributed by atoms with Gasteiger partial charge in [0.15, 0.2) is 0 Å². The maximum atomic E-state index is 11.1. The van der Waals surface area contributed by atoms with E-state index >= 15 is 0 Å². The highest BCUT2D eigenvalue weighted by Crippen LogP contribution is 2.18. The average Bonchev–Trinajstić information content (AvgIpc) is 2.85. The zero-order valence-corrected chi connectivity index (χ0v) is 11.4. The summed E-state index contributed by atoms with van der Waals surface area (Å²) in [5.41, 5.74) is 6.37. The molecule has 3 N–H and O–H groups in total. The lowest BCUT2D eigenvalue weighted by Crippen LogP contribution is -2.27. The fraction of sp³-hybridized carbons (Fsp3) is 0.571. The summed E-state index contributed by atoms with van der Waals surface area (Å²) >= 11 is 0. The molecule has 0 bridgehead atoms. The van der Waals surface area contributed by atoms with Crippen LogP contribution >= 0.6 is 0 Å². The summed E-state index contributed by atoms with van der Waals surface area (Å²) in [6.45, 7) is 5.52. The van der Waals surface area contributed by atoms with E-state index in [2.05, 4.69) is 22.1 Å². The third kappa shape index (κ3) is 3.92. The lowest BCUT2D eigenvalue weighted by molar-refractivity contribution is -0.121. The SMILES string of the molecule is CCCNc1cccc(CN2CCC(C(N)=O)C2)n1. The number of rotatable bonds is 6. The first-order chi connectivity index (χ1) is 9.19. The Labute approximate surface area is 114 Å². The molecule has 104 valence electrons. The maximum Gasteiger partial charge on any atom is 0.221 e. The van der Waals surface area contributed by atoms with Gasteiger partial charge in [0.2, 0.25) is 5.91 Å². The third-order valence-corrected chi connectivity index (χ3v) is 3.42. The van der Waals surface area contributed by atoms with Crippen molar-refractivity contribution in [3.8, 4) is 0 Å². The Morgan fingerprint density at radius 1 is 1.58 bits per heavy atom. The van der Waals surface area contributed by atoms with Crippen molar-refractivity contribution in [1.82, 2.24) is 9.88 Å². The number of amides is 1. The number of nitrogens with two attached hydrogens (primary N) is 1. The van der Waals surface area contributed by atoms with Crippen LogP contribution in [0.2, 0.25) is 0 Å². The fourth-order valence-corrected chi connectivity index (χ4v) is 2.36. The largest absolute Gasteiger partial charge is 0.370 e. The zero-order chi connectivity index (χ0) is 13.7. The first kappa shape index (κ1) is 13.8. The van der Waals surface area contributed by atoms with Crippen LogP contribution in [0, 0.1) is 5.92 Å². The predicted octanol–water partition coefficient (Wildman–Crippen LogP) is 1.21. The first-order valence-electron chi connectivity index (χ1n) is 6.90. The van der Waals surface area contributed by atoms with Crippen molar-refractivity contribution >= 4 is 11.7 Å². The van der Waals surface area contributed by atoms with Gasteiger partial charge in [0.05, 0.1) is 11.6 Å². The normalized spacial score (nSPS) is 19.5. The van der Waals surface area contributed by atoms with Gasteiger partial charge in [-0.2, -0.15) is 0 Å². The molecule has 1 aliphatic heterocycles. The molecule has 2 heterocycles. The third-order valence-electron chi connectivity index (χ3n) is 3.42. The van der Waals surface area contributed by atoms with Gasteiger partial charge in [-0.1, -0.05) is 13.0 Å². The molecule has 1 amide bonds. The summed E-state index contributed by atoms with van der Waals surface area (Å²) in [6.07, 6.45) is 1.95. The standard InChI is InChI=1S/C14H22N4O/c1-2-7-16-13-5-3-4-12(17-13)10-18-8-6-11(9-18)14(15)19/h3-5,11H,2,6-10H2,1H3,(H2,15,19)(H,16,17). The Balaban J connectivity index is 1.90. The quantitative estimate of drug-likeness (QED) is 0.808. The molecule has 1 atom stereocenters. The van der Waals surface area contributed by atoms with Crippen molar-refractivity contribution in [3.63, 3.8) is 0 Å². The molecule has 1 fully saturated rings. The molecule has 2 rings (SSSR count). The number of likely N-dealkylation sites (tertiary alicyclic amines) is 1. The van der Waals surface area contributed by atoms with Crippen LogP contribution < -0.4 is 11.1 Å². The van der Waals surface area contributed by atoms with Crippen LogP contribution in [0.4, 0.5) is 5.82 Å². The van der Waals surface area contributed by atoms with E-state index in [1.54, 1.807) is 0 Å².